The summed E-state index contributed by atoms with van der Waals surface area (Å²) in [7, 11) is 1.78. The van der Waals surface area contributed by atoms with Crippen molar-refractivity contribution in [3.05, 3.63) is 66.0 Å². The molecule has 8 heteroatoms. The first-order chi connectivity index (χ1) is 17.5. The Bertz CT molecular complexity index is 1160. The number of aliphatic hydroxyl groups excluding tert-OH is 1. The van der Waals surface area contributed by atoms with E-state index in [0.717, 1.165) is 36.3 Å². The second-order valence-electron chi connectivity index (χ2n) is 8.86. The Morgan fingerprint density at radius 1 is 1.25 bits per heavy atom. The second-order valence-corrected chi connectivity index (χ2v) is 8.86. The summed E-state index contributed by atoms with van der Waals surface area (Å²) in [5.41, 5.74) is 2.45. The van der Waals surface area contributed by atoms with Gasteiger partial charge in [0.2, 0.25) is 5.88 Å². The highest BCUT2D eigenvalue weighted by Gasteiger charge is 2.27. The molecule has 190 valence electrons. The molecule has 4 rings (SSSR count). The number of aromatic nitrogens is 2. The van der Waals surface area contributed by atoms with Crippen molar-refractivity contribution in [2.24, 2.45) is 7.05 Å². The van der Waals surface area contributed by atoms with Gasteiger partial charge in [-0.3, -0.25) is 4.90 Å². The zero-order valence-corrected chi connectivity index (χ0v) is 20.5. The maximum absolute atomic E-state index is 14.5. The van der Waals surface area contributed by atoms with E-state index in [1.807, 2.05) is 30.3 Å². The van der Waals surface area contributed by atoms with Crippen LogP contribution >= 0.6 is 0 Å². The zero-order valence-electron chi connectivity index (χ0n) is 20.5. The molecule has 1 aromatic heterocycles. The number of hydrogen-bond donors (Lipinski definition) is 1. The minimum atomic E-state index is -0.743. The van der Waals surface area contributed by atoms with Gasteiger partial charge in [0.05, 0.1) is 24.4 Å². The minimum Gasteiger partial charge on any atom is -0.436 e. The number of para-hydroxylation sites is 1. The molecule has 2 heterocycles. The van der Waals surface area contributed by atoms with Gasteiger partial charge >= 0.3 is 0 Å². The summed E-state index contributed by atoms with van der Waals surface area (Å²) in [5.74, 6) is 2.52. The smallest absolute Gasteiger partial charge is 0.222 e. The van der Waals surface area contributed by atoms with Gasteiger partial charge in [-0.15, -0.1) is 6.42 Å². The van der Waals surface area contributed by atoms with Crippen molar-refractivity contribution < 1.29 is 23.7 Å². The normalized spacial score (nSPS) is 16.2. The third-order valence-electron chi connectivity index (χ3n) is 6.01. The third kappa shape index (κ3) is 6.71. The molecule has 0 unspecified atom stereocenters. The fourth-order valence-corrected chi connectivity index (χ4v) is 4.39. The van der Waals surface area contributed by atoms with E-state index in [9.17, 15) is 9.50 Å². The van der Waals surface area contributed by atoms with Gasteiger partial charge in [0.1, 0.15) is 12.3 Å². The zero-order chi connectivity index (χ0) is 25.3. The molecular formula is C28H32FN3O4. The van der Waals surface area contributed by atoms with E-state index >= 15 is 0 Å². The first-order valence-electron chi connectivity index (χ1n) is 12.1. The first kappa shape index (κ1) is 25.9. The fourth-order valence-electron chi connectivity index (χ4n) is 4.39. The van der Waals surface area contributed by atoms with Gasteiger partial charge in [0, 0.05) is 38.9 Å². The lowest BCUT2D eigenvalue weighted by Crippen LogP contribution is -2.39. The standard InChI is InChI=1S/C28H32FN3O4/c1-3-15-34-20-22(33)17-32(18-23-12-9-16-35-23)19-24-27(21-10-5-4-6-11-21)30-31(2)28(24)36-26-14-8-7-13-25(26)29/h1,4-8,10-11,13-14,22-23,33H,9,12,15-20H2,2H3/t22-,23+/m1/s1. The van der Waals surface area contributed by atoms with Crippen LogP contribution in [-0.2, 0) is 23.1 Å². The summed E-state index contributed by atoms with van der Waals surface area (Å²) in [6, 6.07) is 16.1. The van der Waals surface area contributed by atoms with Crippen molar-refractivity contribution in [2.75, 3.05) is 32.9 Å². The van der Waals surface area contributed by atoms with Crippen molar-refractivity contribution in [2.45, 2.75) is 31.6 Å². The van der Waals surface area contributed by atoms with Crippen molar-refractivity contribution in [3.63, 3.8) is 0 Å². The number of ether oxygens (including phenoxy) is 3. The van der Waals surface area contributed by atoms with Gasteiger partial charge < -0.3 is 19.3 Å². The number of aliphatic hydroxyl groups is 1. The van der Waals surface area contributed by atoms with E-state index < -0.39 is 11.9 Å². The average molecular weight is 494 g/mol. The quantitative estimate of drug-likeness (QED) is 0.304. The van der Waals surface area contributed by atoms with Crippen LogP contribution in [0.4, 0.5) is 4.39 Å². The van der Waals surface area contributed by atoms with E-state index in [0.29, 0.717) is 25.5 Å². The predicted molar refractivity (Wildman–Crippen MR) is 135 cm³/mol. The summed E-state index contributed by atoms with van der Waals surface area (Å²) in [6.45, 7) is 2.37. The Morgan fingerprint density at radius 2 is 2.03 bits per heavy atom. The van der Waals surface area contributed by atoms with Crippen molar-refractivity contribution >= 4 is 0 Å². The van der Waals surface area contributed by atoms with Crippen LogP contribution in [0.1, 0.15) is 18.4 Å². The van der Waals surface area contributed by atoms with Crippen molar-refractivity contribution in [1.82, 2.24) is 14.7 Å². The number of halogens is 1. The highest BCUT2D eigenvalue weighted by molar-refractivity contribution is 5.65. The van der Waals surface area contributed by atoms with Crippen LogP contribution in [0.3, 0.4) is 0 Å². The summed E-state index contributed by atoms with van der Waals surface area (Å²) in [6.07, 6.45) is 6.55. The van der Waals surface area contributed by atoms with Crippen LogP contribution in [-0.4, -0.2) is 64.9 Å². The minimum absolute atomic E-state index is 0.0663. The Balaban J connectivity index is 1.66. The molecular weight excluding hydrogens is 461 g/mol. The largest absolute Gasteiger partial charge is 0.436 e. The van der Waals surface area contributed by atoms with Gasteiger partial charge in [-0.2, -0.15) is 5.10 Å². The van der Waals surface area contributed by atoms with Crippen LogP contribution < -0.4 is 4.74 Å². The number of rotatable bonds is 12. The molecule has 0 bridgehead atoms. The van der Waals surface area contributed by atoms with E-state index in [4.69, 9.17) is 25.7 Å². The summed E-state index contributed by atoms with van der Waals surface area (Å²) in [5, 5.41) is 15.4. The Labute approximate surface area is 211 Å². The predicted octanol–water partition coefficient (Wildman–Crippen LogP) is 4.01. The lowest BCUT2D eigenvalue weighted by Gasteiger charge is -2.27. The molecule has 0 saturated carbocycles. The molecule has 36 heavy (non-hydrogen) atoms. The van der Waals surface area contributed by atoms with E-state index in [1.54, 1.807) is 29.9 Å². The van der Waals surface area contributed by atoms with E-state index in [2.05, 4.69) is 10.8 Å². The molecule has 0 spiro atoms. The number of aryl methyl sites for hydroxylation is 1. The molecule has 0 aliphatic carbocycles. The monoisotopic (exact) mass is 493 g/mol. The number of terminal acetylenes is 1. The molecule has 1 N–H and O–H groups in total. The maximum atomic E-state index is 14.5. The highest BCUT2D eigenvalue weighted by atomic mass is 19.1. The van der Waals surface area contributed by atoms with E-state index in [-0.39, 0.29) is 25.1 Å². The lowest BCUT2D eigenvalue weighted by molar-refractivity contribution is 0.00943. The number of hydrogen-bond acceptors (Lipinski definition) is 6. The second kappa shape index (κ2) is 12.7. The summed E-state index contributed by atoms with van der Waals surface area (Å²) >= 11 is 0. The fraction of sp³-hybridized carbons (Fsp3) is 0.393. The topological polar surface area (TPSA) is 69.0 Å². The lowest BCUT2D eigenvalue weighted by atomic mass is 10.1. The molecule has 1 aliphatic heterocycles. The van der Waals surface area contributed by atoms with Crippen LogP contribution in [0.5, 0.6) is 11.6 Å². The molecule has 7 nitrogen and oxygen atoms in total. The highest BCUT2D eigenvalue weighted by Crippen LogP contribution is 2.35. The van der Waals surface area contributed by atoms with Gasteiger partial charge in [0.15, 0.2) is 11.6 Å². The molecule has 0 amide bonds. The number of nitrogens with zero attached hydrogens (tertiary/aromatic N) is 3. The number of benzene rings is 2. The van der Waals surface area contributed by atoms with Crippen molar-refractivity contribution in [3.8, 4) is 35.2 Å². The average Bonchev–Trinajstić information content (AvgIpc) is 3.49. The SMILES string of the molecule is C#CCOC[C@H](O)CN(Cc1c(-c2ccccc2)nn(C)c1Oc1ccccc1F)C[C@@H]1CCCO1. The molecule has 2 atom stereocenters. The van der Waals surface area contributed by atoms with Gasteiger partial charge in [0.25, 0.3) is 0 Å². The third-order valence-corrected chi connectivity index (χ3v) is 6.01. The van der Waals surface area contributed by atoms with Gasteiger partial charge in [-0.1, -0.05) is 48.4 Å². The summed E-state index contributed by atoms with van der Waals surface area (Å²) in [4.78, 5) is 2.11. The van der Waals surface area contributed by atoms with Crippen LogP contribution in [0, 0.1) is 18.2 Å². The summed E-state index contributed by atoms with van der Waals surface area (Å²) < 4.78 is 33.4. The molecule has 1 fully saturated rings. The van der Waals surface area contributed by atoms with Gasteiger partial charge in [-0.25, -0.2) is 9.07 Å². The van der Waals surface area contributed by atoms with Crippen LogP contribution in [0.15, 0.2) is 54.6 Å². The van der Waals surface area contributed by atoms with Crippen LogP contribution in [0.2, 0.25) is 0 Å². The molecule has 1 aliphatic rings. The molecule has 2 aromatic carbocycles. The Morgan fingerprint density at radius 3 is 2.75 bits per heavy atom. The molecule has 1 saturated heterocycles. The van der Waals surface area contributed by atoms with Crippen molar-refractivity contribution in [1.29, 1.82) is 0 Å². The maximum Gasteiger partial charge on any atom is 0.222 e. The Hall–Kier alpha value is -3.22. The Kier molecular flexibility index (Phi) is 9.09. The van der Waals surface area contributed by atoms with Gasteiger partial charge in [-0.05, 0) is 25.0 Å². The van der Waals surface area contributed by atoms with Crippen LogP contribution in [0.25, 0.3) is 11.3 Å². The first-order valence-corrected chi connectivity index (χ1v) is 12.1. The van der Waals surface area contributed by atoms with E-state index in [1.165, 1.54) is 6.07 Å². The molecule has 3 aromatic rings. The molecule has 0 radical (unpaired) electrons.